The molecule has 0 aliphatic carbocycles. The average Bonchev–Trinajstić information content (AvgIpc) is 3.40. The number of benzene rings is 1. The minimum absolute atomic E-state index is 0.0468. The fourth-order valence-electron chi connectivity index (χ4n) is 4.62. The summed E-state index contributed by atoms with van der Waals surface area (Å²) in [4.78, 5) is 28.6. The van der Waals surface area contributed by atoms with Crippen LogP contribution in [0.2, 0.25) is 0 Å². The molecule has 0 radical (unpaired) electrons. The highest BCUT2D eigenvalue weighted by Gasteiger charge is 2.17. The van der Waals surface area contributed by atoms with Crippen molar-refractivity contribution in [3.05, 3.63) is 89.1 Å². The molecule has 1 fully saturated rings. The standard InChI is InChI=1S/C27H32N6O2/c1-30-13-15-33(16-14-30)24-3-4-25-26(17-24)35-20-23(27(25)34)19-32(18-22-5-7-28-8-6-22)11-2-10-31-12-9-29-21-31/h3-9,12,17,20-21H,2,10-11,13-16,18-19H2,1H3. The molecular weight excluding hydrogens is 440 g/mol. The van der Waals surface area contributed by atoms with E-state index in [0.717, 1.165) is 57.9 Å². The zero-order valence-corrected chi connectivity index (χ0v) is 20.2. The van der Waals surface area contributed by atoms with E-state index in [2.05, 4.69) is 36.3 Å². The van der Waals surface area contributed by atoms with Gasteiger partial charge in [-0.2, -0.15) is 0 Å². The Hall–Kier alpha value is -3.49. The summed E-state index contributed by atoms with van der Waals surface area (Å²) in [7, 11) is 2.15. The van der Waals surface area contributed by atoms with Crippen molar-refractivity contribution in [2.24, 2.45) is 0 Å². The van der Waals surface area contributed by atoms with Crippen LogP contribution in [-0.2, 0) is 19.6 Å². The molecule has 5 rings (SSSR count). The van der Waals surface area contributed by atoms with Crippen molar-refractivity contribution < 1.29 is 4.42 Å². The van der Waals surface area contributed by atoms with Crippen LogP contribution in [0.25, 0.3) is 11.0 Å². The van der Waals surface area contributed by atoms with Crippen LogP contribution < -0.4 is 10.3 Å². The maximum Gasteiger partial charge on any atom is 0.197 e. The van der Waals surface area contributed by atoms with Gasteiger partial charge in [0.1, 0.15) is 5.58 Å². The minimum Gasteiger partial charge on any atom is -0.464 e. The first kappa shape index (κ1) is 23.3. The molecule has 0 N–H and O–H groups in total. The van der Waals surface area contributed by atoms with Crippen molar-refractivity contribution in [1.82, 2.24) is 24.3 Å². The summed E-state index contributed by atoms with van der Waals surface area (Å²) in [5, 5.41) is 0.641. The minimum atomic E-state index is 0.0468. The molecule has 3 aromatic heterocycles. The lowest BCUT2D eigenvalue weighted by Crippen LogP contribution is -2.44. The number of piperazine rings is 1. The number of imidazole rings is 1. The Kier molecular flexibility index (Phi) is 7.20. The summed E-state index contributed by atoms with van der Waals surface area (Å²) in [6, 6.07) is 10.0. The first-order valence-electron chi connectivity index (χ1n) is 12.2. The van der Waals surface area contributed by atoms with Gasteiger partial charge in [-0.15, -0.1) is 0 Å². The molecule has 0 unspecified atom stereocenters. The zero-order chi connectivity index (χ0) is 24.0. The van der Waals surface area contributed by atoms with E-state index in [0.29, 0.717) is 23.1 Å². The van der Waals surface area contributed by atoms with Gasteiger partial charge in [0.25, 0.3) is 0 Å². The number of fused-ring (bicyclic) bond motifs is 1. The fourth-order valence-corrected chi connectivity index (χ4v) is 4.62. The third kappa shape index (κ3) is 5.78. The summed E-state index contributed by atoms with van der Waals surface area (Å²) < 4.78 is 8.08. The topological polar surface area (TPSA) is 70.6 Å². The van der Waals surface area contributed by atoms with Crippen LogP contribution in [0, 0.1) is 0 Å². The molecule has 0 spiro atoms. The van der Waals surface area contributed by atoms with Crippen LogP contribution >= 0.6 is 0 Å². The molecule has 1 aromatic carbocycles. The second-order valence-electron chi connectivity index (χ2n) is 9.28. The van der Waals surface area contributed by atoms with E-state index in [4.69, 9.17) is 4.42 Å². The third-order valence-corrected chi connectivity index (χ3v) is 6.70. The molecule has 1 aliphatic heterocycles. The van der Waals surface area contributed by atoms with Gasteiger partial charge in [-0.25, -0.2) is 4.98 Å². The molecule has 0 bridgehead atoms. The van der Waals surface area contributed by atoms with Gasteiger partial charge in [0.15, 0.2) is 5.43 Å². The number of aryl methyl sites for hydroxylation is 1. The van der Waals surface area contributed by atoms with Crippen LogP contribution in [0.15, 0.2) is 76.9 Å². The van der Waals surface area contributed by atoms with Crippen molar-refractivity contribution in [3.63, 3.8) is 0 Å². The monoisotopic (exact) mass is 472 g/mol. The van der Waals surface area contributed by atoms with E-state index in [-0.39, 0.29) is 5.43 Å². The summed E-state index contributed by atoms with van der Waals surface area (Å²) in [5.41, 5.74) is 3.66. The zero-order valence-electron chi connectivity index (χ0n) is 20.2. The number of rotatable bonds is 9. The van der Waals surface area contributed by atoms with Crippen LogP contribution in [0.4, 0.5) is 5.69 Å². The average molecular weight is 473 g/mol. The van der Waals surface area contributed by atoms with E-state index in [1.807, 2.05) is 42.9 Å². The van der Waals surface area contributed by atoms with Gasteiger partial charge in [-0.1, -0.05) is 0 Å². The van der Waals surface area contributed by atoms with Crippen molar-refractivity contribution >= 4 is 16.7 Å². The summed E-state index contributed by atoms with van der Waals surface area (Å²) in [5.74, 6) is 0. The van der Waals surface area contributed by atoms with E-state index < -0.39 is 0 Å². The maximum atomic E-state index is 13.4. The van der Waals surface area contributed by atoms with Crippen LogP contribution in [0.5, 0.6) is 0 Å². The van der Waals surface area contributed by atoms with Gasteiger partial charge < -0.3 is 18.8 Å². The lowest BCUT2D eigenvalue weighted by Gasteiger charge is -2.34. The fraction of sp³-hybridized carbons (Fsp3) is 0.370. The van der Waals surface area contributed by atoms with Crippen molar-refractivity contribution in [3.8, 4) is 0 Å². The van der Waals surface area contributed by atoms with E-state index >= 15 is 0 Å². The largest absolute Gasteiger partial charge is 0.464 e. The number of pyridine rings is 1. The Morgan fingerprint density at radius 2 is 1.83 bits per heavy atom. The number of aromatic nitrogens is 3. The number of hydrogen-bond donors (Lipinski definition) is 0. The quantitative estimate of drug-likeness (QED) is 0.370. The van der Waals surface area contributed by atoms with Gasteiger partial charge in [-0.3, -0.25) is 14.7 Å². The lowest BCUT2D eigenvalue weighted by molar-refractivity contribution is 0.246. The van der Waals surface area contributed by atoms with Gasteiger partial charge in [0.2, 0.25) is 0 Å². The summed E-state index contributed by atoms with van der Waals surface area (Å²) in [6.45, 7) is 7.04. The molecule has 0 amide bonds. The highest BCUT2D eigenvalue weighted by Crippen LogP contribution is 2.22. The summed E-state index contributed by atoms with van der Waals surface area (Å²) in [6.07, 6.45) is 11.8. The van der Waals surface area contributed by atoms with E-state index in [1.54, 1.807) is 24.9 Å². The van der Waals surface area contributed by atoms with Crippen LogP contribution in [0.1, 0.15) is 17.5 Å². The van der Waals surface area contributed by atoms with Gasteiger partial charge in [0, 0.05) is 94.5 Å². The smallest absolute Gasteiger partial charge is 0.197 e. The molecule has 1 aliphatic rings. The molecule has 8 nitrogen and oxygen atoms in total. The highest BCUT2D eigenvalue weighted by atomic mass is 16.3. The van der Waals surface area contributed by atoms with Crippen molar-refractivity contribution in [2.45, 2.75) is 26.1 Å². The molecule has 8 heteroatoms. The predicted octanol–water partition coefficient (Wildman–Crippen LogP) is 3.23. The molecular formula is C27H32N6O2. The van der Waals surface area contributed by atoms with Gasteiger partial charge in [0.05, 0.1) is 18.0 Å². The second kappa shape index (κ2) is 10.8. The first-order chi connectivity index (χ1) is 17.2. The van der Waals surface area contributed by atoms with E-state index in [1.165, 1.54) is 5.56 Å². The first-order valence-corrected chi connectivity index (χ1v) is 12.2. The Balaban J connectivity index is 1.33. The Labute approximate surface area is 205 Å². The maximum absolute atomic E-state index is 13.4. The van der Waals surface area contributed by atoms with Crippen molar-refractivity contribution in [2.75, 3.05) is 44.7 Å². The number of hydrogen-bond acceptors (Lipinski definition) is 7. The molecule has 182 valence electrons. The molecule has 1 saturated heterocycles. The van der Waals surface area contributed by atoms with Gasteiger partial charge >= 0.3 is 0 Å². The normalized spacial score (nSPS) is 14.7. The van der Waals surface area contributed by atoms with Gasteiger partial charge in [-0.05, 0) is 43.3 Å². The SMILES string of the molecule is CN1CCN(c2ccc3c(=O)c(CN(CCCn4ccnc4)Cc4ccncc4)coc3c2)CC1. The summed E-state index contributed by atoms with van der Waals surface area (Å²) >= 11 is 0. The van der Waals surface area contributed by atoms with Crippen molar-refractivity contribution in [1.29, 1.82) is 0 Å². The van der Waals surface area contributed by atoms with Crippen LogP contribution in [0.3, 0.4) is 0 Å². The molecule has 0 atom stereocenters. The second-order valence-corrected chi connectivity index (χ2v) is 9.28. The number of nitrogens with zero attached hydrogens (tertiary/aromatic N) is 6. The Morgan fingerprint density at radius 1 is 1.00 bits per heavy atom. The van der Waals surface area contributed by atoms with Crippen LogP contribution in [-0.4, -0.2) is 64.1 Å². The third-order valence-electron chi connectivity index (χ3n) is 6.70. The molecule has 4 heterocycles. The lowest BCUT2D eigenvalue weighted by atomic mass is 10.1. The Morgan fingerprint density at radius 3 is 2.60 bits per heavy atom. The number of anilines is 1. The van der Waals surface area contributed by atoms with E-state index in [9.17, 15) is 4.79 Å². The molecule has 35 heavy (non-hydrogen) atoms. The molecule has 4 aromatic rings. The Bertz CT molecular complexity index is 1280. The predicted molar refractivity (Wildman–Crippen MR) is 137 cm³/mol. The molecule has 0 saturated carbocycles. The highest BCUT2D eigenvalue weighted by molar-refractivity contribution is 5.81. The number of likely N-dealkylation sites (N-methyl/N-ethyl adjacent to an activating group) is 1.